The van der Waals surface area contributed by atoms with Crippen molar-refractivity contribution in [1.82, 2.24) is 10.6 Å². The van der Waals surface area contributed by atoms with Gasteiger partial charge in [-0.05, 0) is 50.9 Å². The molecule has 0 aliphatic carbocycles. The molecule has 0 spiro atoms. The van der Waals surface area contributed by atoms with Crippen molar-refractivity contribution in [2.45, 2.75) is 89.8 Å². The molecule has 0 unspecified atom stereocenters. The van der Waals surface area contributed by atoms with Gasteiger partial charge in [0.25, 0.3) is 0 Å². The van der Waals surface area contributed by atoms with Crippen LogP contribution >= 0.6 is 12.2 Å². The Hall–Kier alpha value is -1.47. The fourth-order valence-corrected chi connectivity index (χ4v) is 4.79. The van der Waals surface area contributed by atoms with Gasteiger partial charge in [-0.25, -0.2) is 0 Å². The summed E-state index contributed by atoms with van der Waals surface area (Å²) in [4.78, 5) is 23.4. The molecule has 170 valence electrons. The van der Waals surface area contributed by atoms with Crippen LogP contribution in [0.1, 0.15) is 77.6 Å². The molecular formula is C23H38N2O4S. The van der Waals surface area contributed by atoms with Gasteiger partial charge >= 0.3 is 5.97 Å². The molecule has 0 saturated carbocycles. The molecule has 2 aliphatic rings. The van der Waals surface area contributed by atoms with Crippen molar-refractivity contribution in [1.29, 1.82) is 0 Å². The smallest absolute Gasteiger partial charge is 0.303 e. The Morgan fingerprint density at radius 3 is 2.53 bits per heavy atom. The predicted molar refractivity (Wildman–Crippen MR) is 122 cm³/mol. The number of hydrogen-bond acceptors (Lipinski definition) is 4. The highest BCUT2D eigenvalue weighted by Gasteiger charge is 2.48. The average Bonchev–Trinajstić information content (AvgIpc) is 3.30. The third-order valence-electron chi connectivity index (χ3n) is 6.14. The summed E-state index contributed by atoms with van der Waals surface area (Å²) in [5.74, 6) is 0.106. The maximum atomic E-state index is 12.3. The Morgan fingerprint density at radius 1 is 1.07 bits per heavy atom. The van der Waals surface area contributed by atoms with Crippen LogP contribution in [0.5, 0.6) is 0 Å². The highest BCUT2D eigenvalue weighted by molar-refractivity contribution is 7.80. The number of thiocarbonyl (C=S) groups is 1. The number of amides is 1. The Kier molecular flexibility index (Phi) is 11.4. The molecule has 4 atom stereocenters. The first-order valence-electron chi connectivity index (χ1n) is 11.6. The summed E-state index contributed by atoms with van der Waals surface area (Å²) in [5.41, 5.74) is 0. The van der Waals surface area contributed by atoms with E-state index in [-0.39, 0.29) is 24.9 Å². The van der Waals surface area contributed by atoms with E-state index in [9.17, 15) is 9.59 Å². The molecule has 2 aliphatic heterocycles. The van der Waals surface area contributed by atoms with Crippen molar-refractivity contribution in [3.05, 3.63) is 12.2 Å². The number of carbonyl (C=O) groups excluding carboxylic acids is 1. The molecule has 2 heterocycles. The van der Waals surface area contributed by atoms with Crippen LogP contribution in [0.25, 0.3) is 0 Å². The third-order valence-corrected chi connectivity index (χ3v) is 6.43. The lowest BCUT2D eigenvalue weighted by Crippen LogP contribution is -2.39. The summed E-state index contributed by atoms with van der Waals surface area (Å²) in [7, 11) is 0. The normalized spacial score (nSPS) is 25.0. The molecule has 3 N–H and O–H groups in total. The Labute approximate surface area is 186 Å². The number of rotatable bonds is 15. The van der Waals surface area contributed by atoms with Crippen LogP contribution < -0.4 is 10.6 Å². The number of carboxylic acid groups (broad SMARTS) is 1. The summed E-state index contributed by atoms with van der Waals surface area (Å²) in [6.07, 6.45) is 14.5. The SMILES string of the molecule is CCCCCNC(=S)CC(=O)NC[C@@H]1[C@H](CCC=CCCCC(=O)O)[C@@H]2CC[C@H]1O2. The zero-order valence-electron chi connectivity index (χ0n) is 18.2. The van der Waals surface area contributed by atoms with Gasteiger partial charge in [-0.15, -0.1) is 0 Å². The number of carboxylic acids is 1. The van der Waals surface area contributed by atoms with Crippen LogP contribution in [0.4, 0.5) is 0 Å². The number of nitrogens with one attached hydrogen (secondary N) is 2. The molecule has 2 rings (SSSR count). The second kappa shape index (κ2) is 13.8. The van der Waals surface area contributed by atoms with Crippen molar-refractivity contribution >= 4 is 29.1 Å². The van der Waals surface area contributed by atoms with Gasteiger partial charge in [0.1, 0.15) is 0 Å². The van der Waals surface area contributed by atoms with Crippen LogP contribution in [0, 0.1) is 11.8 Å². The van der Waals surface area contributed by atoms with Crippen molar-refractivity contribution in [2.24, 2.45) is 11.8 Å². The largest absolute Gasteiger partial charge is 0.481 e. The highest BCUT2D eigenvalue weighted by Crippen LogP contribution is 2.45. The minimum atomic E-state index is -0.736. The molecule has 0 aromatic carbocycles. The van der Waals surface area contributed by atoms with Gasteiger partial charge in [0.05, 0.1) is 23.6 Å². The van der Waals surface area contributed by atoms with Gasteiger partial charge in [0.15, 0.2) is 0 Å². The van der Waals surface area contributed by atoms with Gasteiger partial charge < -0.3 is 20.5 Å². The van der Waals surface area contributed by atoms with E-state index in [1.54, 1.807) is 0 Å². The van der Waals surface area contributed by atoms with Gasteiger partial charge in [0, 0.05) is 25.4 Å². The number of aliphatic carboxylic acids is 1. The molecule has 2 bridgehead atoms. The number of unbranched alkanes of at least 4 members (excludes halogenated alkanes) is 3. The summed E-state index contributed by atoms with van der Waals surface area (Å²) in [6, 6.07) is 0. The number of allylic oxidation sites excluding steroid dienone is 2. The first-order valence-corrected chi connectivity index (χ1v) is 12.0. The van der Waals surface area contributed by atoms with Crippen molar-refractivity contribution in [3.8, 4) is 0 Å². The van der Waals surface area contributed by atoms with E-state index in [2.05, 4.69) is 29.7 Å². The zero-order chi connectivity index (χ0) is 21.8. The highest BCUT2D eigenvalue weighted by atomic mass is 32.1. The minimum Gasteiger partial charge on any atom is -0.481 e. The summed E-state index contributed by atoms with van der Waals surface area (Å²) < 4.78 is 6.13. The van der Waals surface area contributed by atoms with Crippen LogP contribution in [-0.4, -0.2) is 47.3 Å². The molecule has 1 amide bonds. The van der Waals surface area contributed by atoms with Crippen molar-refractivity contribution < 1.29 is 19.4 Å². The number of fused-ring (bicyclic) bond motifs is 2. The lowest BCUT2D eigenvalue weighted by molar-refractivity contribution is -0.137. The van der Waals surface area contributed by atoms with Crippen LogP contribution in [-0.2, 0) is 14.3 Å². The molecule has 7 heteroatoms. The predicted octanol–water partition coefficient (Wildman–Crippen LogP) is 3.98. The van der Waals surface area contributed by atoms with E-state index in [0.717, 1.165) is 45.1 Å². The molecule has 0 radical (unpaired) electrons. The van der Waals surface area contributed by atoms with Crippen molar-refractivity contribution in [2.75, 3.05) is 13.1 Å². The lowest BCUT2D eigenvalue weighted by Gasteiger charge is -2.28. The monoisotopic (exact) mass is 438 g/mol. The van der Waals surface area contributed by atoms with E-state index in [4.69, 9.17) is 22.1 Å². The fraction of sp³-hybridized carbons (Fsp3) is 0.783. The van der Waals surface area contributed by atoms with Crippen LogP contribution in [0.3, 0.4) is 0 Å². The van der Waals surface area contributed by atoms with E-state index < -0.39 is 5.97 Å². The van der Waals surface area contributed by atoms with E-state index in [1.165, 1.54) is 12.8 Å². The Morgan fingerprint density at radius 2 is 1.80 bits per heavy atom. The summed E-state index contributed by atoms with van der Waals surface area (Å²) in [6.45, 7) is 3.66. The molecule has 2 saturated heterocycles. The topological polar surface area (TPSA) is 87.7 Å². The maximum absolute atomic E-state index is 12.3. The lowest BCUT2D eigenvalue weighted by atomic mass is 9.77. The second-order valence-corrected chi connectivity index (χ2v) is 8.98. The zero-order valence-corrected chi connectivity index (χ0v) is 19.1. The van der Waals surface area contributed by atoms with Crippen LogP contribution in [0.2, 0.25) is 0 Å². The quantitative estimate of drug-likeness (QED) is 0.204. The van der Waals surface area contributed by atoms with Crippen LogP contribution in [0.15, 0.2) is 12.2 Å². The summed E-state index contributed by atoms with van der Waals surface area (Å²) >= 11 is 5.28. The van der Waals surface area contributed by atoms with Gasteiger partial charge in [-0.2, -0.15) is 0 Å². The average molecular weight is 439 g/mol. The first-order chi connectivity index (χ1) is 14.5. The Balaban J connectivity index is 1.67. The minimum absolute atomic E-state index is 0.0113. The number of ether oxygens (including phenoxy) is 1. The van der Waals surface area contributed by atoms with Gasteiger partial charge in [-0.3, -0.25) is 9.59 Å². The number of hydrogen-bond donors (Lipinski definition) is 3. The Bertz CT molecular complexity index is 596. The fourth-order valence-electron chi connectivity index (χ4n) is 4.55. The number of carbonyl (C=O) groups is 2. The molecular weight excluding hydrogens is 400 g/mol. The molecule has 0 aromatic rings. The third kappa shape index (κ3) is 8.72. The van der Waals surface area contributed by atoms with E-state index in [1.807, 2.05) is 0 Å². The van der Waals surface area contributed by atoms with Gasteiger partial charge in [0.2, 0.25) is 5.91 Å². The first kappa shape index (κ1) is 24.8. The molecule has 30 heavy (non-hydrogen) atoms. The standard InChI is InChI=1S/C23H38N2O4S/c1-2-3-9-14-24-22(30)15-21(26)25-16-18-17(19-12-13-20(18)29-19)10-7-5-4-6-8-11-23(27)28/h4-5,17-20H,2-3,6-16H2,1H3,(H,24,30)(H,25,26)(H,27,28)/t17-,18+,19-,20+/m0/s1. The molecule has 6 nitrogen and oxygen atoms in total. The van der Waals surface area contributed by atoms with Crippen molar-refractivity contribution in [3.63, 3.8) is 0 Å². The van der Waals surface area contributed by atoms with E-state index >= 15 is 0 Å². The maximum Gasteiger partial charge on any atom is 0.303 e. The molecule has 2 fully saturated rings. The van der Waals surface area contributed by atoms with E-state index in [0.29, 0.717) is 35.9 Å². The summed E-state index contributed by atoms with van der Waals surface area (Å²) in [5, 5.41) is 14.9. The van der Waals surface area contributed by atoms with Gasteiger partial charge in [-0.1, -0.05) is 44.1 Å². The second-order valence-electron chi connectivity index (χ2n) is 8.49. The molecule has 0 aromatic heterocycles.